The topological polar surface area (TPSA) is 3.24 Å². The standard InChI is InChI=1S/C15H22ClNS/c16-10-9-14-6-4-5-11-17(14)12-13-18-15-7-2-1-3-8-15/h1-3,7-8,14H,4-6,9-13H2. The summed E-state index contributed by atoms with van der Waals surface area (Å²) in [6.07, 6.45) is 5.22. The summed E-state index contributed by atoms with van der Waals surface area (Å²) in [6.45, 7) is 2.46. The lowest BCUT2D eigenvalue weighted by molar-refractivity contribution is 0.154. The monoisotopic (exact) mass is 283 g/mol. The summed E-state index contributed by atoms with van der Waals surface area (Å²) in [5.41, 5.74) is 0. The largest absolute Gasteiger partial charge is 0.300 e. The van der Waals surface area contributed by atoms with Gasteiger partial charge in [-0.25, -0.2) is 0 Å². The Morgan fingerprint density at radius 3 is 2.83 bits per heavy atom. The highest BCUT2D eigenvalue weighted by atomic mass is 35.5. The van der Waals surface area contributed by atoms with E-state index in [-0.39, 0.29) is 0 Å². The molecule has 0 amide bonds. The van der Waals surface area contributed by atoms with Gasteiger partial charge in [0, 0.05) is 29.1 Å². The second-order valence-electron chi connectivity index (χ2n) is 4.82. The van der Waals surface area contributed by atoms with Gasteiger partial charge in [0.2, 0.25) is 0 Å². The summed E-state index contributed by atoms with van der Waals surface area (Å²) in [5, 5.41) is 0. The first-order chi connectivity index (χ1) is 8.90. The molecular formula is C15H22ClNS. The third-order valence-electron chi connectivity index (χ3n) is 3.58. The van der Waals surface area contributed by atoms with Crippen molar-refractivity contribution in [3.63, 3.8) is 0 Å². The lowest BCUT2D eigenvalue weighted by Crippen LogP contribution is -2.41. The Bertz CT molecular complexity index is 329. The minimum Gasteiger partial charge on any atom is -0.300 e. The Hall–Kier alpha value is -0.180. The molecule has 1 aliphatic rings. The summed E-state index contributed by atoms with van der Waals surface area (Å²) in [4.78, 5) is 4.02. The zero-order valence-corrected chi connectivity index (χ0v) is 12.4. The number of hydrogen-bond acceptors (Lipinski definition) is 2. The SMILES string of the molecule is ClCCC1CCCCN1CCSc1ccccc1. The molecule has 1 aliphatic heterocycles. The van der Waals surface area contributed by atoms with Gasteiger partial charge in [0.05, 0.1) is 0 Å². The normalized spacial score (nSPS) is 21.1. The van der Waals surface area contributed by atoms with E-state index < -0.39 is 0 Å². The Morgan fingerprint density at radius 1 is 1.22 bits per heavy atom. The Labute approximate surface area is 120 Å². The van der Waals surface area contributed by atoms with Crippen LogP contribution in [0, 0.1) is 0 Å². The molecule has 3 heteroatoms. The number of alkyl halides is 1. The maximum Gasteiger partial charge on any atom is 0.0238 e. The predicted octanol–water partition coefficient (Wildman–Crippen LogP) is 4.26. The van der Waals surface area contributed by atoms with Crippen molar-refractivity contribution in [1.82, 2.24) is 4.90 Å². The van der Waals surface area contributed by atoms with E-state index in [9.17, 15) is 0 Å². The molecule has 0 aliphatic carbocycles. The molecule has 1 atom stereocenters. The first-order valence-corrected chi connectivity index (χ1v) is 8.40. The van der Waals surface area contributed by atoms with Gasteiger partial charge in [-0.15, -0.1) is 23.4 Å². The number of piperidine rings is 1. The van der Waals surface area contributed by atoms with Gasteiger partial charge in [0.15, 0.2) is 0 Å². The first-order valence-electron chi connectivity index (χ1n) is 6.88. The maximum atomic E-state index is 5.90. The molecule has 18 heavy (non-hydrogen) atoms. The molecule has 1 fully saturated rings. The molecule has 1 nitrogen and oxygen atoms in total. The molecule has 100 valence electrons. The third kappa shape index (κ3) is 4.49. The van der Waals surface area contributed by atoms with Crippen molar-refractivity contribution in [2.45, 2.75) is 36.6 Å². The van der Waals surface area contributed by atoms with Crippen LogP contribution in [0.25, 0.3) is 0 Å². The summed E-state index contributed by atoms with van der Waals surface area (Å²) < 4.78 is 0. The highest BCUT2D eigenvalue weighted by molar-refractivity contribution is 7.99. The van der Waals surface area contributed by atoms with E-state index in [2.05, 4.69) is 35.2 Å². The zero-order chi connectivity index (χ0) is 12.6. The van der Waals surface area contributed by atoms with E-state index in [0.717, 1.165) is 18.3 Å². The van der Waals surface area contributed by atoms with Crippen LogP contribution >= 0.6 is 23.4 Å². The summed E-state index contributed by atoms with van der Waals surface area (Å²) in [5.74, 6) is 1.98. The van der Waals surface area contributed by atoms with Gasteiger partial charge in [-0.05, 0) is 37.9 Å². The molecule has 1 aromatic carbocycles. The number of halogens is 1. The van der Waals surface area contributed by atoms with Gasteiger partial charge < -0.3 is 0 Å². The van der Waals surface area contributed by atoms with Crippen LogP contribution < -0.4 is 0 Å². The van der Waals surface area contributed by atoms with Gasteiger partial charge in [0.1, 0.15) is 0 Å². The van der Waals surface area contributed by atoms with Gasteiger partial charge >= 0.3 is 0 Å². The lowest BCUT2D eigenvalue weighted by atomic mass is 10.0. The van der Waals surface area contributed by atoms with Crippen molar-refractivity contribution in [3.8, 4) is 0 Å². The molecule has 1 heterocycles. The molecule has 1 unspecified atom stereocenters. The Balaban J connectivity index is 1.74. The Morgan fingerprint density at radius 2 is 2.06 bits per heavy atom. The van der Waals surface area contributed by atoms with Crippen LogP contribution in [0.2, 0.25) is 0 Å². The fourth-order valence-corrected chi connectivity index (χ4v) is 3.77. The van der Waals surface area contributed by atoms with Crippen molar-refractivity contribution in [1.29, 1.82) is 0 Å². The van der Waals surface area contributed by atoms with Crippen molar-refractivity contribution in [2.24, 2.45) is 0 Å². The third-order valence-corrected chi connectivity index (χ3v) is 4.79. The fourth-order valence-electron chi connectivity index (χ4n) is 2.60. The molecule has 0 bridgehead atoms. The number of benzene rings is 1. The zero-order valence-electron chi connectivity index (χ0n) is 10.9. The van der Waals surface area contributed by atoms with E-state index in [1.807, 2.05) is 11.8 Å². The summed E-state index contributed by atoms with van der Waals surface area (Å²) >= 11 is 7.86. The maximum absolute atomic E-state index is 5.90. The van der Waals surface area contributed by atoms with Crippen molar-refractivity contribution < 1.29 is 0 Å². The average molecular weight is 284 g/mol. The molecule has 2 rings (SSSR count). The van der Waals surface area contributed by atoms with Crippen LogP contribution in [0.15, 0.2) is 35.2 Å². The van der Waals surface area contributed by atoms with Gasteiger partial charge in [-0.2, -0.15) is 0 Å². The quantitative estimate of drug-likeness (QED) is 0.567. The van der Waals surface area contributed by atoms with Crippen molar-refractivity contribution >= 4 is 23.4 Å². The van der Waals surface area contributed by atoms with E-state index in [1.54, 1.807) is 0 Å². The second kappa shape index (κ2) is 8.08. The molecule has 1 aromatic rings. The number of nitrogens with zero attached hydrogens (tertiary/aromatic N) is 1. The van der Waals surface area contributed by atoms with Crippen LogP contribution in [0.3, 0.4) is 0 Å². The number of hydrogen-bond donors (Lipinski definition) is 0. The first kappa shape index (κ1) is 14.2. The van der Waals surface area contributed by atoms with E-state index in [1.165, 1.54) is 43.0 Å². The molecule has 0 saturated carbocycles. The van der Waals surface area contributed by atoms with E-state index >= 15 is 0 Å². The van der Waals surface area contributed by atoms with E-state index in [4.69, 9.17) is 11.6 Å². The molecule has 1 saturated heterocycles. The second-order valence-corrected chi connectivity index (χ2v) is 6.37. The van der Waals surface area contributed by atoms with Crippen LogP contribution in [0.5, 0.6) is 0 Å². The van der Waals surface area contributed by atoms with Crippen molar-refractivity contribution in [3.05, 3.63) is 30.3 Å². The summed E-state index contributed by atoms with van der Waals surface area (Å²) in [7, 11) is 0. The van der Waals surface area contributed by atoms with Crippen LogP contribution in [-0.4, -0.2) is 35.7 Å². The summed E-state index contributed by atoms with van der Waals surface area (Å²) in [6, 6.07) is 11.4. The smallest absolute Gasteiger partial charge is 0.0238 e. The van der Waals surface area contributed by atoms with Gasteiger partial charge in [0.25, 0.3) is 0 Å². The van der Waals surface area contributed by atoms with Gasteiger partial charge in [-0.3, -0.25) is 4.90 Å². The molecular weight excluding hydrogens is 262 g/mol. The highest BCUT2D eigenvalue weighted by Crippen LogP contribution is 2.22. The predicted molar refractivity (Wildman–Crippen MR) is 81.7 cm³/mol. The number of rotatable bonds is 6. The lowest BCUT2D eigenvalue weighted by Gasteiger charge is -2.35. The van der Waals surface area contributed by atoms with Crippen LogP contribution in [0.1, 0.15) is 25.7 Å². The number of likely N-dealkylation sites (tertiary alicyclic amines) is 1. The van der Waals surface area contributed by atoms with Gasteiger partial charge in [-0.1, -0.05) is 24.6 Å². The fraction of sp³-hybridized carbons (Fsp3) is 0.600. The Kier molecular flexibility index (Phi) is 6.39. The minimum atomic E-state index is 0.729. The van der Waals surface area contributed by atoms with Crippen LogP contribution in [0.4, 0.5) is 0 Å². The minimum absolute atomic E-state index is 0.729. The number of thioether (sulfide) groups is 1. The van der Waals surface area contributed by atoms with Crippen molar-refractivity contribution in [2.75, 3.05) is 24.7 Å². The van der Waals surface area contributed by atoms with E-state index in [0.29, 0.717) is 0 Å². The van der Waals surface area contributed by atoms with Crippen LogP contribution in [-0.2, 0) is 0 Å². The molecule has 0 spiro atoms. The average Bonchev–Trinajstić information content (AvgIpc) is 2.42. The molecule has 0 N–H and O–H groups in total. The molecule has 0 radical (unpaired) electrons. The molecule has 0 aromatic heterocycles. The highest BCUT2D eigenvalue weighted by Gasteiger charge is 2.20.